The third kappa shape index (κ3) is 3.25. The maximum Gasteiger partial charge on any atom is 0.157 e. The van der Waals surface area contributed by atoms with Crippen molar-refractivity contribution in [1.82, 2.24) is 10.2 Å². The molecule has 19 heavy (non-hydrogen) atoms. The highest BCUT2D eigenvalue weighted by molar-refractivity contribution is 6.30. The fourth-order valence-corrected chi connectivity index (χ4v) is 2.00. The first kappa shape index (κ1) is 13.8. The van der Waals surface area contributed by atoms with Crippen LogP contribution in [0.3, 0.4) is 0 Å². The Morgan fingerprint density at radius 2 is 1.95 bits per heavy atom. The molecule has 1 aromatic heterocycles. The first-order chi connectivity index (χ1) is 9.24. The van der Waals surface area contributed by atoms with Crippen LogP contribution in [-0.4, -0.2) is 16.7 Å². The van der Waals surface area contributed by atoms with Gasteiger partial charge in [-0.15, -0.1) is 10.2 Å². The number of nitrogens with one attached hydrogen (secondary N) is 1. The lowest BCUT2D eigenvalue weighted by Crippen LogP contribution is -2.05. The molecule has 0 unspecified atom stereocenters. The highest BCUT2D eigenvalue weighted by atomic mass is 35.5. The van der Waals surface area contributed by atoms with Gasteiger partial charge in [0.1, 0.15) is 0 Å². The van der Waals surface area contributed by atoms with Gasteiger partial charge in [0, 0.05) is 17.6 Å². The smallest absolute Gasteiger partial charge is 0.157 e. The van der Waals surface area contributed by atoms with E-state index in [-0.39, 0.29) is 0 Å². The minimum Gasteiger partial charge on any atom is -0.365 e. The van der Waals surface area contributed by atoms with Gasteiger partial charge in [0.25, 0.3) is 0 Å². The molecule has 5 heteroatoms. The van der Waals surface area contributed by atoms with Crippen molar-refractivity contribution in [3.63, 3.8) is 0 Å². The van der Waals surface area contributed by atoms with Crippen molar-refractivity contribution in [2.75, 3.05) is 11.9 Å². The highest BCUT2D eigenvalue weighted by Gasteiger charge is 2.13. The van der Waals surface area contributed by atoms with Gasteiger partial charge < -0.3 is 5.32 Å². The molecule has 0 aliphatic rings. The van der Waals surface area contributed by atoms with Gasteiger partial charge in [-0.05, 0) is 18.1 Å². The molecular formula is C14H13Cl2N3. The van der Waals surface area contributed by atoms with Crippen LogP contribution in [0.4, 0.5) is 5.82 Å². The molecule has 0 saturated heterocycles. The summed E-state index contributed by atoms with van der Waals surface area (Å²) in [5.74, 6) is 0.697. The van der Waals surface area contributed by atoms with E-state index in [1.807, 2.05) is 37.3 Å². The van der Waals surface area contributed by atoms with E-state index in [4.69, 9.17) is 23.2 Å². The molecule has 0 saturated carbocycles. The molecule has 0 radical (unpaired) electrons. The predicted octanol–water partition coefficient (Wildman–Crippen LogP) is 4.27. The lowest BCUT2D eigenvalue weighted by atomic mass is 10.0. The number of anilines is 1. The standard InChI is InChI=1S/C14H13Cl2N3/c1-10-12(11-6-3-2-4-7-11)14(17-9-5-8-15)19-18-13(10)16/h2-8H,9H2,1H3,(H,17,19). The van der Waals surface area contributed by atoms with Crippen molar-refractivity contribution in [3.8, 4) is 11.1 Å². The quantitative estimate of drug-likeness (QED) is 0.915. The van der Waals surface area contributed by atoms with E-state index in [9.17, 15) is 0 Å². The third-order valence-electron chi connectivity index (χ3n) is 2.70. The van der Waals surface area contributed by atoms with Crippen molar-refractivity contribution in [3.05, 3.63) is 52.7 Å². The monoisotopic (exact) mass is 293 g/mol. The summed E-state index contributed by atoms with van der Waals surface area (Å²) in [4.78, 5) is 0. The van der Waals surface area contributed by atoms with Crippen LogP contribution >= 0.6 is 23.2 Å². The van der Waals surface area contributed by atoms with Crippen molar-refractivity contribution < 1.29 is 0 Å². The van der Waals surface area contributed by atoms with Crippen LogP contribution in [0.15, 0.2) is 41.9 Å². The number of hydrogen-bond acceptors (Lipinski definition) is 3. The number of hydrogen-bond donors (Lipinski definition) is 1. The van der Waals surface area contributed by atoms with Gasteiger partial charge in [-0.2, -0.15) is 0 Å². The summed E-state index contributed by atoms with van der Waals surface area (Å²) in [5, 5.41) is 11.6. The van der Waals surface area contributed by atoms with Gasteiger partial charge in [-0.1, -0.05) is 59.6 Å². The van der Waals surface area contributed by atoms with E-state index in [1.54, 1.807) is 6.08 Å². The third-order valence-corrected chi connectivity index (χ3v) is 3.24. The minimum atomic E-state index is 0.414. The molecule has 0 bridgehead atoms. The summed E-state index contributed by atoms with van der Waals surface area (Å²) in [6.45, 7) is 2.51. The summed E-state index contributed by atoms with van der Waals surface area (Å²) < 4.78 is 0. The summed E-state index contributed by atoms with van der Waals surface area (Å²) in [7, 11) is 0. The number of nitrogens with zero attached hydrogens (tertiary/aromatic N) is 2. The molecule has 0 aliphatic carbocycles. The fraction of sp³-hybridized carbons (Fsp3) is 0.143. The largest absolute Gasteiger partial charge is 0.365 e. The molecule has 2 rings (SSSR count). The van der Waals surface area contributed by atoms with Crippen LogP contribution in [0.5, 0.6) is 0 Å². The van der Waals surface area contributed by atoms with Gasteiger partial charge in [0.05, 0.1) is 0 Å². The van der Waals surface area contributed by atoms with Crippen LogP contribution in [0.1, 0.15) is 5.56 Å². The molecule has 98 valence electrons. The van der Waals surface area contributed by atoms with Gasteiger partial charge in [-0.25, -0.2) is 0 Å². The summed E-state index contributed by atoms with van der Waals surface area (Å²) in [6, 6.07) is 9.96. The molecule has 3 nitrogen and oxygen atoms in total. The van der Waals surface area contributed by atoms with Crippen LogP contribution in [0, 0.1) is 6.92 Å². The Bertz CT molecular complexity index is 583. The highest BCUT2D eigenvalue weighted by Crippen LogP contribution is 2.32. The molecule has 0 amide bonds. The Hall–Kier alpha value is -1.58. The molecule has 0 spiro atoms. The number of rotatable bonds is 4. The van der Waals surface area contributed by atoms with E-state index in [2.05, 4.69) is 15.5 Å². The van der Waals surface area contributed by atoms with E-state index in [0.29, 0.717) is 17.5 Å². The fourth-order valence-electron chi connectivity index (χ4n) is 1.78. The molecule has 1 aromatic carbocycles. The van der Waals surface area contributed by atoms with Crippen molar-refractivity contribution in [1.29, 1.82) is 0 Å². The van der Waals surface area contributed by atoms with Gasteiger partial charge in [0.2, 0.25) is 0 Å². The maximum atomic E-state index is 6.06. The minimum absolute atomic E-state index is 0.414. The Labute approximate surface area is 122 Å². The zero-order chi connectivity index (χ0) is 13.7. The number of benzene rings is 1. The predicted molar refractivity (Wildman–Crippen MR) is 80.7 cm³/mol. The van der Waals surface area contributed by atoms with Crippen LogP contribution < -0.4 is 5.32 Å². The summed E-state index contributed by atoms with van der Waals surface area (Å²) in [6.07, 6.45) is 1.79. The van der Waals surface area contributed by atoms with Crippen molar-refractivity contribution >= 4 is 29.0 Å². The lowest BCUT2D eigenvalue weighted by Gasteiger charge is -2.12. The zero-order valence-electron chi connectivity index (χ0n) is 10.4. The Balaban J connectivity index is 2.46. The van der Waals surface area contributed by atoms with Gasteiger partial charge in [0.15, 0.2) is 11.0 Å². The molecule has 2 aromatic rings. The van der Waals surface area contributed by atoms with Crippen LogP contribution in [-0.2, 0) is 0 Å². The molecule has 1 N–H and O–H groups in total. The molecule has 1 heterocycles. The first-order valence-corrected chi connectivity index (χ1v) is 6.62. The van der Waals surface area contributed by atoms with Crippen LogP contribution in [0.25, 0.3) is 11.1 Å². The van der Waals surface area contributed by atoms with Crippen LogP contribution in [0.2, 0.25) is 5.15 Å². The van der Waals surface area contributed by atoms with Gasteiger partial charge >= 0.3 is 0 Å². The van der Waals surface area contributed by atoms with Crippen molar-refractivity contribution in [2.24, 2.45) is 0 Å². The SMILES string of the molecule is Cc1c(Cl)nnc(NCC=CCl)c1-c1ccccc1. The molecule has 0 fully saturated rings. The Morgan fingerprint density at radius 1 is 1.21 bits per heavy atom. The average molecular weight is 294 g/mol. The topological polar surface area (TPSA) is 37.8 Å². The first-order valence-electron chi connectivity index (χ1n) is 5.81. The lowest BCUT2D eigenvalue weighted by molar-refractivity contribution is 1.01. The van der Waals surface area contributed by atoms with E-state index < -0.39 is 0 Å². The summed E-state index contributed by atoms with van der Waals surface area (Å²) >= 11 is 11.6. The van der Waals surface area contributed by atoms with Gasteiger partial charge in [-0.3, -0.25) is 0 Å². The normalized spacial score (nSPS) is 10.9. The number of aromatic nitrogens is 2. The van der Waals surface area contributed by atoms with Crippen molar-refractivity contribution in [2.45, 2.75) is 6.92 Å². The zero-order valence-corrected chi connectivity index (χ0v) is 11.9. The van der Waals surface area contributed by atoms with E-state index in [0.717, 1.165) is 16.7 Å². The molecule has 0 atom stereocenters. The second-order valence-corrected chi connectivity index (χ2v) is 4.56. The second-order valence-electron chi connectivity index (χ2n) is 3.95. The Morgan fingerprint density at radius 3 is 2.63 bits per heavy atom. The van der Waals surface area contributed by atoms with E-state index >= 15 is 0 Å². The maximum absolute atomic E-state index is 6.06. The summed E-state index contributed by atoms with van der Waals surface area (Å²) in [5.41, 5.74) is 4.38. The number of halogens is 2. The molecule has 0 aliphatic heterocycles. The Kier molecular flexibility index (Phi) is 4.77. The second kappa shape index (κ2) is 6.55. The average Bonchev–Trinajstić information content (AvgIpc) is 2.44. The van der Waals surface area contributed by atoms with E-state index in [1.165, 1.54) is 5.54 Å². The molecular weight excluding hydrogens is 281 g/mol.